The second kappa shape index (κ2) is 12.3. The molecule has 1 amide bonds. The van der Waals surface area contributed by atoms with Crippen molar-refractivity contribution in [2.45, 2.75) is 46.6 Å². The third kappa shape index (κ3) is 5.70. The molecule has 0 unspecified atom stereocenters. The molecular weight excluding hydrogens is 532 g/mol. The summed E-state index contributed by atoms with van der Waals surface area (Å²) in [4.78, 5) is 31.1. The molecule has 2 aromatic rings. The van der Waals surface area contributed by atoms with Gasteiger partial charge in [0.05, 0.1) is 19.1 Å². The minimum absolute atomic E-state index is 0.112. The number of ether oxygens (including phenoxy) is 2. The topological polar surface area (TPSA) is 87.8 Å². The molecule has 0 spiro atoms. The van der Waals surface area contributed by atoms with E-state index >= 15 is 0 Å². The first-order chi connectivity index (χ1) is 18.7. The molecule has 0 saturated carbocycles. The standard InChI is InChI=1S/C29H34N4O4S2/c1-6-32-26(31-12-9-18(2)10-13-31)21(19(3)22(17-30)27(32)34)16-25-28(35)33(29(38)39-25)14-11-20-7-8-23(36-4)24(15-20)37-5/h7-8,15-16,18H,6,9-14H2,1-5H3/b25-16-. The minimum Gasteiger partial charge on any atom is -0.493 e. The summed E-state index contributed by atoms with van der Waals surface area (Å²) in [6.07, 6.45) is 4.46. The number of nitrogens with zero attached hydrogens (tertiary/aromatic N) is 4. The largest absolute Gasteiger partial charge is 0.493 e. The van der Waals surface area contributed by atoms with Gasteiger partial charge in [-0.05, 0) is 68.4 Å². The Labute approximate surface area is 239 Å². The van der Waals surface area contributed by atoms with Crippen LogP contribution in [0.1, 0.15) is 48.9 Å². The summed E-state index contributed by atoms with van der Waals surface area (Å²) < 4.78 is 12.9. The predicted molar refractivity (Wildman–Crippen MR) is 160 cm³/mol. The van der Waals surface area contributed by atoms with E-state index in [0.717, 1.165) is 42.9 Å². The Morgan fingerprint density at radius 3 is 2.49 bits per heavy atom. The van der Waals surface area contributed by atoms with Crippen LogP contribution in [0.15, 0.2) is 27.9 Å². The van der Waals surface area contributed by atoms with Crippen molar-refractivity contribution in [3.63, 3.8) is 0 Å². The van der Waals surface area contributed by atoms with Crippen LogP contribution in [0.5, 0.6) is 11.5 Å². The Morgan fingerprint density at radius 1 is 1.18 bits per heavy atom. The molecule has 1 aromatic carbocycles. The first-order valence-corrected chi connectivity index (χ1v) is 14.3. The van der Waals surface area contributed by atoms with Crippen LogP contribution in [0, 0.1) is 24.2 Å². The van der Waals surface area contributed by atoms with Gasteiger partial charge >= 0.3 is 0 Å². The molecule has 0 atom stereocenters. The number of carbonyl (C=O) groups excluding carboxylic acids is 1. The van der Waals surface area contributed by atoms with Crippen molar-refractivity contribution in [2.24, 2.45) is 5.92 Å². The van der Waals surface area contributed by atoms with Crippen molar-refractivity contribution in [2.75, 3.05) is 38.8 Å². The van der Waals surface area contributed by atoms with Gasteiger partial charge in [-0.15, -0.1) is 0 Å². The van der Waals surface area contributed by atoms with Gasteiger partial charge in [0.15, 0.2) is 11.5 Å². The van der Waals surface area contributed by atoms with Crippen LogP contribution in [-0.2, 0) is 17.8 Å². The lowest BCUT2D eigenvalue weighted by molar-refractivity contribution is -0.122. The van der Waals surface area contributed by atoms with Crippen LogP contribution < -0.4 is 19.9 Å². The van der Waals surface area contributed by atoms with Gasteiger partial charge in [-0.1, -0.05) is 37.0 Å². The number of hydrogen-bond donors (Lipinski definition) is 0. The average Bonchev–Trinajstić information content (AvgIpc) is 3.20. The van der Waals surface area contributed by atoms with Crippen LogP contribution in [0.4, 0.5) is 5.82 Å². The van der Waals surface area contributed by atoms with E-state index in [4.69, 9.17) is 21.7 Å². The quantitative estimate of drug-likeness (QED) is 0.334. The maximum atomic E-state index is 13.5. The van der Waals surface area contributed by atoms with E-state index < -0.39 is 0 Å². The Morgan fingerprint density at radius 2 is 1.87 bits per heavy atom. The van der Waals surface area contributed by atoms with Gasteiger partial charge in [0.25, 0.3) is 11.5 Å². The summed E-state index contributed by atoms with van der Waals surface area (Å²) in [6, 6.07) is 7.79. The fourth-order valence-corrected chi connectivity index (χ4v) is 6.39. The number of amides is 1. The van der Waals surface area contributed by atoms with E-state index in [1.807, 2.05) is 31.2 Å². The molecule has 39 heavy (non-hydrogen) atoms. The highest BCUT2D eigenvalue weighted by atomic mass is 32.2. The molecule has 1 aromatic heterocycles. The number of nitriles is 1. The summed E-state index contributed by atoms with van der Waals surface area (Å²) >= 11 is 6.86. The molecule has 2 aliphatic rings. The lowest BCUT2D eigenvalue weighted by atomic mass is 9.97. The number of methoxy groups -OCH3 is 2. The number of pyridine rings is 1. The Balaban J connectivity index is 1.68. The number of thioether (sulfide) groups is 1. The van der Waals surface area contributed by atoms with E-state index in [9.17, 15) is 14.9 Å². The number of anilines is 1. The fourth-order valence-electron chi connectivity index (χ4n) is 5.10. The second-order valence-corrected chi connectivity index (χ2v) is 11.5. The maximum absolute atomic E-state index is 13.5. The Kier molecular flexibility index (Phi) is 9.03. The first-order valence-electron chi connectivity index (χ1n) is 13.1. The third-order valence-corrected chi connectivity index (χ3v) is 8.84. The van der Waals surface area contributed by atoms with E-state index in [0.29, 0.717) is 51.7 Å². The normalized spacial score (nSPS) is 17.2. The van der Waals surface area contributed by atoms with E-state index in [-0.39, 0.29) is 17.0 Å². The number of aromatic nitrogens is 1. The molecule has 4 rings (SSSR count). The molecule has 3 heterocycles. The molecule has 10 heteroatoms. The van der Waals surface area contributed by atoms with Crippen molar-refractivity contribution in [3.05, 3.63) is 55.7 Å². The molecule has 0 radical (unpaired) electrons. The van der Waals surface area contributed by atoms with E-state index in [1.165, 1.54) is 11.8 Å². The van der Waals surface area contributed by atoms with Crippen molar-refractivity contribution in [3.8, 4) is 17.6 Å². The number of thiocarbonyl (C=S) groups is 1. The third-order valence-electron chi connectivity index (χ3n) is 7.47. The maximum Gasteiger partial charge on any atom is 0.270 e. The highest BCUT2D eigenvalue weighted by Crippen LogP contribution is 2.37. The molecule has 0 aliphatic carbocycles. The number of carbonyl (C=O) groups is 1. The monoisotopic (exact) mass is 566 g/mol. The minimum atomic E-state index is -0.286. The van der Waals surface area contributed by atoms with Gasteiger partial charge in [-0.2, -0.15) is 5.26 Å². The lowest BCUT2D eigenvalue weighted by Crippen LogP contribution is -2.39. The van der Waals surface area contributed by atoms with Gasteiger partial charge in [-0.25, -0.2) is 0 Å². The van der Waals surface area contributed by atoms with Gasteiger partial charge < -0.3 is 14.4 Å². The van der Waals surface area contributed by atoms with Gasteiger partial charge in [-0.3, -0.25) is 19.1 Å². The number of rotatable bonds is 8. The van der Waals surface area contributed by atoms with Gasteiger partial charge in [0.2, 0.25) is 0 Å². The van der Waals surface area contributed by atoms with Crippen molar-refractivity contribution >= 4 is 46.1 Å². The summed E-state index contributed by atoms with van der Waals surface area (Å²) in [6.45, 7) is 8.43. The smallest absolute Gasteiger partial charge is 0.270 e. The van der Waals surface area contributed by atoms with Crippen molar-refractivity contribution in [1.29, 1.82) is 5.26 Å². The van der Waals surface area contributed by atoms with Crippen LogP contribution in [0.25, 0.3) is 6.08 Å². The number of piperidine rings is 1. The zero-order chi connectivity index (χ0) is 28.3. The zero-order valence-corrected chi connectivity index (χ0v) is 24.7. The molecule has 206 valence electrons. The molecule has 0 bridgehead atoms. The summed E-state index contributed by atoms with van der Waals surface area (Å²) in [7, 11) is 3.18. The highest BCUT2D eigenvalue weighted by molar-refractivity contribution is 8.26. The van der Waals surface area contributed by atoms with Crippen LogP contribution >= 0.6 is 24.0 Å². The Bertz CT molecular complexity index is 1420. The average molecular weight is 567 g/mol. The molecule has 2 fully saturated rings. The fraction of sp³-hybridized carbons (Fsp3) is 0.448. The Hall–Kier alpha value is -3.29. The number of benzene rings is 1. The zero-order valence-electron chi connectivity index (χ0n) is 23.1. The molecule has 2 aliphatic heterocycles. The predicted octanol–water partition coefficient (Wildman–Crippen LogP) is 4.75. The summed E-state index contributed by atoms with van der Waals surface area (Å²) in [5.41, 5.74) is 2.16. The molecular formula is C29H34N4O4S2. The summed E-state index contributed by atoms with van der Waals surface area (Å²) in [5.74, 6) is 2.51. The van der Waals surface area contributed by atoms with E-state index in [1.54, 1.807) is 30.6 Å². The van der Waals surface area contributed by atoms with Crippen LogP contribution in [0.2, 0.25) is 0 Å². The van der Waals surface area contributed by atoms with Crippen LogP contribution in [-0.4, -0.2) is 53.5 Å². The van der Waals surface area contributed by atoms with Crippen LogP contribution in [0.3, 0.4) is 0 Å². The second-order valence-electron chi connectivity index (χ2n) is 9.84. The summed E-state index contributed by atoms with van der Waals surface area (Å²) in [5, 5.41) is 9.81. The number of hydrogen-bond acceptors (Lipinski definition) is 8. The first kappa shape index (κ1) is 28.7. The lowest BCUT2D eigenvalue weighted by Gasteiger charge is -2.35. The van der Waals surface area contributed by atoms with Gasteiger partial charge in [0.1, 0.15) is 21.8 Å². The molecule has 8 nitrogen and oxygen atoms in total. The molecule has 0 N–H and O–H groups in total. The molecule has 2 saturated heterocycles. The van der Waals surface area contributed by atoms with Gasteiger partial charge in [0, 0.05) is 31.7 Å². The SMILES string of the molecule is CCn1c(N2CCC(C)CC2)c(/C=C2\SC(=S)N(CCc3ccc(OC)c(OC)c3)C2=O)c(C)c(C#N)c1=O. The highest BCUT2D eigenvalue weighted by Gasteiger charge is 2.33. The van der Waals surface area contributed by atoms with Crippen molar-refractivity contribution in [1.82, 2.24) is 9.47 Å². The van der Waals surface area contributed by atoms with Crippen molar-refractivity contribution < 1.29 is 14.3 Å². The van der Waals surface area contributed by atoms with E-state index in [2.05, 4.69) is 17.9 Å².